The maximum absolute atomic E-state index is 12.9. The Morgan fingerprint density at radius 2 is 2.40 bits per heavy atom. The summed E-state index contributed by atoms with van der Waals surface area (Å²) >= 11 is 0. The predicted molar refractivity (Wildman–Crippen MR) is 50.3 cm³/mol. The maximum atomic E-state index is 12.9. The highest BCUT2D eigenvalue weighted by molar-refractivity contribution is 4.87. The number of aromatic amines is 1. The van der Waals surface area contributed by atoms with Crippen LogP contribution in [0.15, 0.2) is 15.8 Å². The SMILES string of the molecule is O=c1[nH]c(=O)n(CC2CCCO2)cc1F. The summed E-state index contributed by atoms with van der Waals surface area (Å²) in [6.45, 7) is 0.956. The van der Waals surface area contributed by atoms with Crippen molar-refractivity contribution in [2.24, 2.45) is 0 Å². The molecule has 1 N–H and O–H groups in total. The summed E-state index contributed by atoms with van der Waals surface area (Å²) in [5.41, 5.74) is -1.58. The molecule has 0 spiro atoms. The number of rotatable bonds is 2. The largest absolute Gasteiger partial charge is 0.376 e. The molecular weight excluding hydrogens is 203 g/mol. The van der Waals surface area contributed by atoms with Gasteiger partial charge in [0.05, 0.1) is 18.8 Å². The van der Waals surface area contributed by atoms with Gasteiger partial charge in [-0.25, -0.2) is 4.79 Å². The van der Waals surface area contributed by atoms with Crippen molar-refractivity contribution in [1.29, 1.82) is 0 Å². The lowest BCUT2D eigenvalue weighted by Gasteiger charge is -2.10. The van der Waals surface area contributed by atoms with Crippen molar-refractivity contribution in [3.05, 3.63) is 32.9 Å². The lowest BCUT2D eigenvalue weighted by atomic mass is 10.2. The summed E-state index contributed by atoms with van der Waals surface area (Å²) in [7, 11) is 0. The van der Waals surface area contributed by atoms with Gasteiger partial charge in [-0.1, -0.05) is 0 Å². The molecule has 1 aromatic heterocycles. The van der Waals surface area contributed by atoms with E-state index in [1.54, 1.807) is 0 Å². The molecule has 1 atom stereocenters. The molecule has 1 unspecified atom stereocenters. The minimum Gasteiger partial charge on any atom is -0.376 e. The molecule has 0 amide bonds. The Morgan fingerprint density at radius 1 is 1.60 bits per heavy atom. The number of nitrogens with zero attached hydrogens (tertiary/aromatic N) is 1. The highest BCUT2D eigenvalue weighted by Gasteiger charge is 2.17. The number of ether oxygens (including phenoxy) is 1. The third kappa shape index (κ3) is 2.15. The fourth-order valence-corrected chi connectivity index (χ4v) is 1.63. The zero-order chi connectivity index (χ0) is 10.8. The number of hydrogen-bond acceptors (Lipinski definition) is 3. The van der Waals surface area contributed by atoms with Crippen molar-refractivity contribution in [2.45, 2.75) is 25.5 Å². The van der Waals surface area contributed by atoms with E-state index in [4.69, 9.17) is 4.74 Å². The summed E-state index contributed by atoms with van der Waals surface area (Å²) in [6.07, 6.45) is 2.66. The minimum absolute atomic E-state index is 0.0620. The molecule has 1 fully saturated rings. The van der Waals surface area contributed by atoms with Crippen molar-refractivity contribution in [2.75, 3.05) is 6.61 Å². The van der Waals surface area contributed by atoms with Gasteiger partial charge < -0.3 is 4.74 Å². The number of hydrogen-bond donors (Lipinski definition) is 1. The Balaban J connectivity index is 2.24. The van der Waals surface area contributed by atoms with E-state index in [0.717, 1.165) is 23.6 Å². The van der Waals surface area contributed by atoms with Crippen LogP contribution < -0.4 is 11.2 Å². The Bertz CT molecular complexity index is 459. The lowest BCUT2D eigenvalue weighted by molar-refractivity contribution is 0.0955. The van der Waals surface area contributed by atoms with Gasteiger partial charge in [0.2, 0.25) is 5.82 Å². The highest BCUT2D eigenvalue weighted by Crippen LogP contribution is 2.12. The first-order valence-electron chi connectivity index (χ1n) is 4.77. The van der Waals surface area contributed by atoms with Crippen LogP contribution >= 0.6 is 0 Å². The first kappa shape index (κ1) is 10.1. The normalized spacial score (nSPS) is 20.7. The fraction of sp³-hybridized carbons (Fsp3) is 0.556. The number of H-pyrrole nitrogens is 1. The summed E-state index contributed by atoms with van der Waals surface area (Å²) < 4.78 is 19.3. The third-order valence-corrected chi connectivity index (χ3v) is 2.39. The molecular formula is C9H11FN2O3. The number of nitrogens with one attached hydrogen (secondary N) is 1. The quantitative estimate of drug-likeness (QED) is 0.745. The molecule has 6 heteroatoms. The first-order chi connectivity index (χ1) is 7.16. The summed E-state index contributed by atoms with van der Waals surface area (Å²) in [6, 6.07) is 0. The molecule has 0 aliphatic carbocycles. The van der Waals surface area contributed by atoms with Gasteiger partial charge in [0.25, 0.3) is 5.56 Å². The van der Waals surface area contributed by atoms with E-state index in [-0.39, 0.29) is 12.6 Å². The van der Waals surface area contributed by atoms with Crippen LogP contribution in [0, 0.1) is 5.82 Å². The Kier molecular flexibility index (Phi) is 2.68. The van der Waals surface area contributed by atoms with E-state index in [0.29, 0.717) is 6.61 Å². The van der Waals surface area contributed by atoms with Gasteiger partial charge in [0, 0.05) is 6.61 Å². The van der Waals surface area contributed by atoms with Crippen molar-refractivity contribution in [1.82, 2.24) is 9.55 Å². The van der Waals surface area contributed by atoms with E-state index in [9.17, 15) is 14.0 Å². The van der Waals surface area contributed by atoms with Crippen LogP contribution in [-0.2, 0) is 11.3 Å². The van der Waals surface area contributed by atoms with Crippen LogP contribution in [0.3, 0.4) is 0 Å². The van der Waals surface area contributed by atoms with E-state index >= 15 is 0 Å². The molecule has 15 heavy (non-hydrogen) atoms. The van der Waals surface area contributed by atoms with Gasteiger partial charge >= 0.3 is 5.69 Å². The van der Waals surface area contributed by atoms with Crippen LogP contribution in [0.5, 0.6) is 0 Å². The second-order valence-corrected chi connectivity index (χ2v) is 3.52. The molecule has 2 heterocycles. The van der Waals surface area contributed by atoms with Crippen LogP contribution in [-0.4, -0.2) is 22.3 Å². The van der Waals surface area contributed by atoms with Gasteiger partial charge in [-0.2, -0.15) is 4.39 Å². The summed E-state index contributed by atoms with van der Waals surface area (Å²) in [5.74, 6) is -0.951. The molecule has 1 aromatic rings. The molecule has 5 nitrogen and oxygen atoms in total. The molecule has 0 aromatic carbocycles. The van der Waals surface area contributed by atoms with Gasteiger partial charge in [0.15, 0.2) is 0 Å². The summed E-state index contributed by atoms with van der Waals surface area (Å²) in [5, 5.41) is 0. The molecule has 0 radical (unpaired) electrons. The zero-order valence-corrected chi connectivity index (χ0v) is 8.03. The number of aromatic nitrogens is 2. The van der Waals surface area contributed by atoms with Crippen LogP contribution in [0.25, 0.3) is 0 Å². The van der Waals surface area contributed by atoms with Crippen molar-refractivity contribution >= 4 is 0 Å². The standard InChI is InChI=1S/C9H11FN2O3/c10-7-5-12(9(14)11-8(7)13)4-6-2-1-3-15-6/h5-6H,1-4H2,(H,11,13,14). The van der Waals surface area contributed by atoms with Gasteiger partial charge in [-0.3, -0.25) is 14.3 Å². The van der Waals surface area contributed by atoms with E-state index in [1.807, 2.05) is 4.98 Å². The van der Waals surface area contributed by atoms with E-state index < -0.39 is 17.1 Å². The molecule has 1 saturated heterocycles. The fourth-order valence-electron chi connectivity index (χ4n) is 1.63. The van der Waals surface area contributed by atoms with Crippen LogP contribution in [0.2, 0.25) is 0 Å². The molecule has 1 aliphatic rings. The van der Waals surface area contributed by atoms with Crippen molar-refractivity contribution in [3.63, 3.8) is 0 Å². The Morgan fingerprint density at radius 3 is 3.07 bits per heavy atom. The molecule has 82 valence electrons. The van der Waals surface area contributed by atoms with Gasteiger partial charge in [-0.15, -0.1) is 0 Å². The smallest absolute Gasteiger partial charge is 0.328 e. The van der Waals surface area contributed by atoms with E-state index in [2.05, 4.69) is 0 Å². The molecule has 0 saturated carbocycles. The molecule has 0 bridgehead atoms. The van der Waals surface area contributed by atoms with Crippen LogP contribution in [0.1, 0.15) is 12.8 Å². The predicted octanol–water partition coefficient (Wildman–Crippen LogP) is -0.145. The Labute approximate surface area is 84.5 Å². The van der Waals surface area contributed by atoms with Crippen molar-refractivity contribution in [3.8, 4) is 0 Å². The van der Waals surface area contributed by atoms with Crippen molar-refractivity contribution < 1.29 is 9.13 Å². The second kappa shape index (κ2) is 3.98. The van der Waals surface area contributed by atoms with Gasteiger partial charge in [-0.05, 0) is 12.8 Å². The van der Waals surface area contributed by atoms with Crippen LogP contribution in [0.4, 0.5) is 4.39 Å². The highest BCUT2D eigenvalue weighted by atomic mass is 19.1. The zero-order valence-electron chi connectivity index (χ0n) is 8.03. The Hall–Kier alpha value is -1.43. The van der Waals surface area contributed by atoms with Gasteiger partial charge in [0.1, 0.15) is 0 Å². The third-order valence-electron chi connectivity index (χ3n) is 2.39. The topological polar surface area (TPSA) is 64.1 Å². The maximum Gasteiger partial charge on any atom is 0.328 e. The average molecular weight is 214 g/mol. The first-order valence-corrected chi connectivity index (χ1v) is 4.77. The minimum atomic E-state index is -0.983. The molecule has 1 aliphatic heterocycles. The lowest BCUT2D eigenvalue weighted by Crippen LogP contribution is -2.34. The summed E-state index contributed by atoms with van der Waals surface area (Å²) in [4.78, 5) is 23.9. The average Bonchev–Trinajstić information content (AvgIpc) is 2.67. The van der Waals surface area contributed by atoms with E-state index in [1.165, 1.54) is 0 Å². The monoisotopic (exact) mass is 214 g/mol. The molecule has 2 rings (SSSR count). The number of halogens is 1. The second-order valence-electron chi connectivity index (χ2n) is 3.52.